The predicted octanol–water partition coefficient (Wildman–Crippen LogP) is 2.95. The Labute approximate surface area is 121 Å². The van der Waals surface area contributed by atoms with E-state index < -0.39 is 5.97 Å². The molecular weight excluding hydrogens is 274 g/mol. The number of thiazole rings is 1. The minimum absolute atomic E-state index is 0.134. The van der Waals surface area contributed by atoms with E-state index in [0.717, 1.165) is 16.3 Å². The number of carboxylic acids is 1. The smallest absolute Gasteiger partial charge is 0.337 e. The van der Waals surface area contributed by atoms with Crippen molar-refractivity contribution in [3.05, 3.63) is 39.8 Å². The predicted molar refractivity (Wildman–Crippen MR) is 81.6 cm³/mol. The molecule has 0 amide bonds. The van der Waals surface area contributed by atoms with E-state index in [1.165, 1.54) is 0 Å². The maximum atomic E-state index is 11.1. The van der Waals surface area contributed by atoms with Gasteiger partial charge in [0.25, 0.3) is 0 Å². The summed E-state index contributed by atoms with van der Waals surface area (Å²) < 4.78 is 0. The molecule has 4 N–H and O–H groups in total. The Bertz CT molecular complexity index is 611. The largest absolute Gasteiger partial charge is 0.478 e. The molecule has 0 bridgehead atoms. The Morgan fingerprint density at radius 1 is 1.55 bits per heavy atom. The van der Waals surface area contributed by atoms with Crippen LogP contribution < -0.4 is 11.1 Å². The number of aryl methyl sites for hydroxylation is 1. The van der Waals surface area contributed by atoms with Crippen LogP contribution in [0, 0.1) is 6.92 Å². The molecule has 6 heteroatoms. The third-order valence-corrected chi connectivity index (χ3v) is 4.11. The lowest BCUT2D eigenvalue weighted by Gasteiger charge is -2.14. The van der Waals surface area contributed by atoms with Crippen molar-refractivity contribution in [2.24, 2.45) is 0 Å². The molecule has 1 atom stereocenters. The number of hydrogen-bond donors (Lipinski definition) is 3. The first-order chi connectivity index (χ1) is 9.49. The number of anilines is 2. The number of aromatic nitrogens is 1. The number of carboxylic acid groups (broad SMARTS) is 1. The Morgan fingerprint density at radius 2 is 2.30 bits per heavy atom. The first-order valence-electron chi connectivity index (χ1n) is 6.25. The highest BCUT2D eigenvalue weighted by Gasteiger charge is 2.13. The summed E-state index contributed by atoms with van der Waals surface area (Å²) >= 11 is 1.61. The van der Waals surface area contributed by atoms with Gasteiger partial charge >= 0.3 is 5.97 Å². The highest BCUT2D eigenvalue weighted by Crippen LogP contribution is 2.24. The molecule has 1 aromatic carbocycles. The zero-order valence-electron chi connectivity index (χ0n) is 11.4. The zero-order valence-corrected chi connectivity index (χ0v) is 12.2. The summed E-state index contributed by atoms with van der Waals surface area (Å²) in [7, 11) is 0. The van der Waals surface area contributed by atoms with Gasteiger partial charge in [-0.2, -0.15) is 0 Å². The van der Waals surface area contributed by atoms with Gasteiger partial charge in [-0.1, -0.05) is 6.92 Å². The molecule has 0 radical (unpaired) electrons. The first kappa shape index (κ1) is 14.3. The van der Waals surface area contributed by atoms with Crippen molar-refractivity contribution in [1.82, 2.24) is 4.98 Å². The van der Waals surface area contributed by atoms with E-state index in [1.54, 1.807) is 30.5 Å². The van der Waals surface area contributed by atoms with Crippen molar-refractivity contribution in [3.63, 3.8) is 0 Å². The van der Waals surface area contributed by atoms with Crippen LogP contribution >= 0.6 is 11.3 Å². The van der Waals surface area contributed by atoms with Crippen LogP contribution in [0.2, 0.25) is 0 Å². The average molecular weight is 291 g/mol. The van der Waals surface area contributed by atoms with Crippen molar-refractivity contribution >= 4 is 28.7 Å². The number of nitrogen functional groups attached to an aromatic ring is 1. The topological polar surface area (TPSA) is 88.2 Å². The van der Waals surface area contributed by atoms with Crippen LogP contribution in [0.1, 0.15) is 33.8 Å². The number of carbonyl (C=O) groups is 1. The fraction of sp³-hybridized carbons (Fsp3) is 0.286. The molecule has 0 fully saturated rings. The van der Waals surface area contributed by atoms with E-state index in [1.807, 2.05) is 11.4 Å². The quantitative estimate of drug-likeness (QED) is 0.737. The molecule has 0 aliphatic rings. The van der Waals surface area contributed by atoms with Gasteiger partial charge in [-0.05, 0) is 24.6 Å². The Balaban J connectivity index is 2.12. The summed E-state index contributed by atoms with van der Waals surface area (Å²) in [5.41, 5.74) is 7.74. The molecule has 2 aromatic rings. The van der Waals surface area contributed by atoms with Crippen LogP contribution in [0.4, 0.5) is 11.4 Å². The second kappa shape index (κ2) is 5.92. The van der Waals surface area contributed by atoms with Gasteiger partial charge in [-0.15, -0.1) is 11.3 Å². The Kier molecular flexibility index (Phi) is 4.24. The van der Waals surface area contributed by atoms with Crippen molar-refractivity contribution < 1.29 is 9.90 Å². The van der Waals surface area contributed by atoms with Crippen LogP contribution in [-0.2, 0) is 0 Å². The molecule has 0 aliphatic carbocycles. The van der Waals surface area contributed by atoms with Crippen LogP contribution in [0.5, 0.6) is 0 Å². The summed E-state index contributed by atoms with van der Waals surface area (Å²) in [5, 5.41) is 15.4. The van der Waals surface area contributed by atoms with Gasteiger partial charge in [0.2, 0.25) is 0 Å². The lowest BCUT2D eigenvalue weighted by Crippen LogP contribution is -2.11. The van der Waals surface area contributed by atoms with E-state index >= 15 is 0 Å². The second-order valence-corrected chi connectivity index (χ2v) is 5.64. The van der Waals surface area contributed by atoms with E-state index in [2.05, 4.69) is 17.2 Å². The number of nitrogens with two attached hydrogens (primary N) is 1. The van der Waals surface area contributed by atoms with Gasteiger partial charge in [-0.25, -0.2) is 9.78 Å². The van der Waals surface area contributed by atoms with Crippen molar-refractivity contribution in [1.29, 1.82) is 0 Å². The molecule has 0 aliphatic heterocycles. The number of nitrogens with zero attached hydrogens (tertiary/aromatic N) is 1. The fourth-order valence-electron chi connectivity index (χ4n) is 1.91. The summed E-state index contributed by atoms with van der Waals surface area (Å²) in [6.45, 7) is 4.57. The third kappa shape index (κ3) is 3.08. The number of benzene rings is 1. The minimum Gasteiger partial charge on any atom is -0.478 e. The van der Waals surface area contributed by atoms with E-state index in [4.69, 9.17) is 10.8 Å². The van der Waals surface area contributed by atoms with Crippen molar-refractivity contribution in [2.45, 2.75) is 19.8 Å². The number of rotatable bonds is 5. The number of nitrogens with one attached hydrogen (secondary N) is 1. The number of aromatic carboxylic acids is 1. The van der Waals surface area contributed by atoms with Gasteiger partial charge in [0.15, 0.2) is 0 Å². The minimum atomic E-state index is -1.01. The third-order valence-electron chi connectivity index (χ3n) is 3.10. The fourth-order valence-corrected chi connectivity index (χ4v) is 2.61. The molecule has 0 saturated heterocycles. The molecule has 0 spiro atoms. The zero-order chi connectivity index (χ0) is 14.7. The van der Waals surface area contributed by atoms with E-state index in [9.17, 15) is 4.79 Å². The van der Waals surface area contributed by atoms with Gasteiger partial charge in [0.1, 0.15) is 0 Å². The molecule has 0 saturated carbocycles. The molecule has 1 aromatic heterocycles. The molecule has 2 rings (SSSR count). The summed E-state index contributed by atoms with van der Waals surface area (Å²) in [6, 6.07) is 3.43. The van der Waals surface area contributed by atoms with Crippen molar-refractivity contribution in [2.75, 3.05) is 17.6 Å². The Morgan fingerprint density at radius 3 is 2.90 bits per heavy atom. The Hall–Kier alpha value is -2.08. The van der Waals surface area contributed by atoms with Crippen LogP contribution in [0.3, 0.4) is 0 Å². The van der Waals surface area contributed by atoms with Crippen molar-refractivity contribution in [3.8, 4) is 0 Å². The highest BCUT2D eigenvalue weighted by atomic mass is 32.1. The molecule has 1 unspecified atom stereocenters. The summed E-state index contributed by atoms with van der Waals surface area (Å²) in [4.78, 5) is 15.4. The van der Waals surface area contributed by atoms with Crippen LogP contribution in [0.15, 0.2) is 23.7 Å². The van der Waals surface area contributed by atoms with Crippen LogP contribution in [-0.4, -0.2) is 22.6 Å². The molecule has 106 valence electrons. The summed E-state index contributed by atoms with van der Waals surface area (Å²) in [6.07, 6.45) is 1.78. The van der Waals surface area contributed by atoms with Crippen LogP contribution in [0.25, 0.3) is 0 Å². The molecule has 5 nitrogen and oxygen atoms in total. The van der Waals surface area contributed by atoms with Gasteiger partial charge < -0.3 is 16.2 Å². The molecular formula is C14H17N3O2S. The average Bonchev–Trinajstić information content (AvgIpc) is 2.93. The highest BCUT2D eigenvalue weighted by molar-refractivity contribution is 7.09. The maximum Gasteiger partial charge on any atom is 0.337 e. The first-order valence-corrected chi connectivity index (χ1v) is 7.13. The van der Waals surface area contributed by atoms with Gasteiger partial charge in [-0.3, -0.25) is 0 Å². The van der Waals surface area contributed by atoms with Gasteiger partial charge in [0, 0.05) is 35.4 Å². The SMILES string of the molecule is Cc1cc(NCC(C)c2nccs2)cc(C(=O)O)c1N. The van der Waals surface area contributed by atoms with E-state index in [-0.39, 0.29) is 11.5 Å². The second-order valence-electron chi connectivity index (χ2n) is 4.71. The normalized spacial score (nSPS) is 12.1. The molecule has 20 heavy (non-hydrogen) atoms. The monoisotopic (exact) mass is 291 g/mol. The standard InChI is InChI=1S/C14H17N3O2S/c1-8-5-10(6-11(12(8)15)14(18)19)17-7-9(2)13-16-3-4-20-13/h3-6,9,17H,7,15H2,1-2H3,(H,18,19). The van der Waals surface area contributed by atoms with Gasteiger partial charge in [0.05, 0.1) is 10.6 Å². The molecule has 1 heterocycles. The lowest BCUT2D eigenvalue weighted by atomic mass is 10.1. The number of hydrogen-bond acceptors (Lipinski definition) is 5. The van der Waals surface area contributed by atoms with E-state index in [0.29, 0.717) is 12.2 Å². The maximum absolute atomic E-state index is 11.1. The lowest BCUT2D eigenvalue weighted by molar-refractivity contribution is 0.0698. The summed E-state index contributed by atoms with van der Waals surface area (Å²) in [5.74, 6) is -0.747.